The second kappa shape index (κ2) is 7.45. The molecular weight excluding hydrogens is 336 g/mol. The molecule has 1 fully saturated rings. The number of halogens is 1. The number of ether oxygens (including phenoxy) is 1. The number of carbonyl (C=O) groups excluding carboxylic acids is 2. The first kappa shape index (κ1) is 15.8. The summed E-state index contributed by atoms with van der Waals surface area (Å²) in [4.78, 5) is 23.7. The molecule has 0 spiro atoms. The van der Waals surface area contributed by atoms with Gasteiger partial charge in [0.2, 0.25) is 5.91 Å². The Morgan fingerprint density at radius 3 is 2.67 bits per heavy atom. The van der Waals surface area contributed by atoms with Gasteiger partial charge in [-0.25, -0.2) is 0 Å². The van der Waals surface area contributed by atoms with Gasteiger partial charge in [0.25, 0.3) is 5.91 Å². The molecule has 21 heavy (non-hydrogen) atoms. The van der Waals surface area contributed by atoms with Crippen LogP contribution in [0.25, 0.3) is 0 Å². The first-order chi connectivity index (χ1) is 10.1. The Hall–Kier alpha value is -1.56. The number of benzene rings is 1. The third-order valence-electron chi connectivity index (χ3n) is 3.51. The lowest BCUT2D eigenvalue weighted by atomic mass is 10.1. The number of hydrazine groups is 1. The van der Waals surface area contributed by atoms with Crippen molar-refractivity contribution in [1.82, 2.24) is 10.9 Å². The molecule has 6 heteroatoms. The van der Waals surface area contributed by atoms with Crippen molar-refractivity contribution in [2.24, 2.45) is 5.92 Å². The number of rotatable bonds is 4. The first-order valence-electron chi connectivity index (χ1n) is 7.08. The van der Waals surface area contributed by atoms with Crippen molar-refractivity contribution in [3.8, 4) is 5.75 Å². The Morgan fingerprint density at radius 1 is 1.29 bits per heavy atom. The molecule has 0 aromatic heterocycles. The van der Waals surface area contributed by atoms with Crippen LogP contribution in [0.5, 0.6) is 5.75 Å². The van der Waals surface area contributed by atoms with E-state index in [9.17, 15) is 9.59 Å². The molecule has 0 bridgehead atoms. The molecule has 0 aliphatic heterocycles. The van der Waals surface area contributed by atoms with Crippen LogP contribution in [0, 0.1) is 5.92 Å². The highest BCUT2D eigenvalue weighted by Gasteiger charge is 2.23. The summed E-state index contributed by atoms with van der Waals surface area (Å²) in [6.07, 6.45) is 3.25. The first-order valence-corrected chi connectivity index (χ1v) is 7.87. The zero-order chi connectivity index (χ0) is 15.2. The lowest BCUT2D eigenvalue weighted by Crippen LogP contribution is -2.48. The van der Waals surface area contributed by atoms with Gasteiger partial charge in [-0.3, -0.25) is 20.4 Å². The largest absolute Gasteiger partial charge is 0.481 e. The van der Waals surface area contributed by atoms with E-state index in [1.165, 1.54) is 0 Å². The third kappa shape index (κ3) is 4.74. The number of hydrogen-bond donors (Lipinski definition) is 2. The number of nitrogens with one attached hydrogen (secondary N) is 2. The average molecular weight is 355 g/mol. The van der Waals surface area contributed by atoms with Crippen LogP contribution in [0.3, 0.4) is 0 Å². The summed E-state index contributed by atoms with van der Waals surface area (Å²) in [6, 6.07) is 7.25. The van der Waals surface area contributed by atoms with Crippen molar-refractivity contribution < 1.29 is 14.3 Å². The standard InChI is InChI=1S/C15H19BrN2O3/c1-10(21-13-8-4-7-12(16)9-13)14(19)17-18-15(20)11-5-2-3-6-11/h4,7-11H,2-3,5-6H2,1H3,(H,17,19)(H,18,20). The normalized spacial score (nSPS) is 16.3. The van der Waals surface area contributed by atoms with Gasteiger partial charge in [-0.1, -0.05) is 34.8 Å². The van der Waals surface area contributed by atoms with Gasteiger partial charge in [0, 0.05) is 10.4 Å². The van der Waals surface area contributed by atoms with E-state index in [1.807, 2.05) is 12.1 Å². The van der Waals surface area contributed by atoms with E-state index in [0.717, 1.165) is 30.2 Å². The van der Waals surface area contributed by atoms with Crippen molar-refractivity contribution in [2.75, 3.05) is 0 Å². The number of hydrogen-bond acceptors (Lipinski definition) is 3. The van der Waals surface area contributed by atoms with E-state index in [4.69, 9.17) is 4.74 Å². The van der Waals surface area contributed by atoms with Crippen LogP contribution in [0.1, 0.15) is 32.6 Å². The van der Waals surface area contributed by atoms with Crippen LogP contribution in [0.15, 0.2) is 28.7 Å². The lowest BCUT2D eigenvalue weighted by Gasteiger charge is -2.16. The van der Waals surface area contributed by atoms with Gasteiger partial charge in [0.15, 0.2) is 6.10 Å². The molecular formula is C15H19BrN2O3. The Bertz CT molecular complexity index is 515. The second-order valence-electron chi connectivity index (χ2n) is 5.18. The zero-order valence-corrected chi connectivity index (χ0v) is 13.5. The van der Waals surface area contributed by atoms with Gasteiger partial charge < -0.3 is 4.74 Å². The van der Waals surface area contributed by atoms with Crippen molar-refractivity contribution in [2.45, 2.75) is 38.7 Å². The van der Waals surface area contributed by atoms with Crippen molar-refractivity contribution >= 4 is 27.7 Å². The van der Waals surface area contributed by atoms with Gasteiger partial charge in [-0.2, -0.15) is 0 Å². The molecule has 1 unspecified atom stereocenters. The van der Waals surface area contributed by atoms with E-state index in [-0.39, 0.29) is 17.7 Å². The molecule has 1 aliphatic carbocycles. The Kier molecular flexibility index (Phi) is 5.61. The predicted octanol–water partition coefficient (Wildman–Crippen LogP) is 2.55. The fraction of sp³-hybridized carbons (Fsp3) is 0.467. The maximum absolute atomic E-state index is 11.9. The van der Waals surface area contributed by atoms with Gasteiger partial charge in [-0.15, -0.1) is 0 Å². The van der Waals surface area contributed by atoms with Gasteiger partial charge >= 0.3 is 0 Å². The van der Waals surface area contributed by atoms with Crippen LogP contribution < -0.4 is 15.6 Å². The molecule has 114 valence electrons. The summed E-state index contributed by atoms with van der Waals surface area (Å²) >= 11 is 3.34. The fourth-order valence-corrected chi connectivity index (χ4v) is 2.69. The average Bonchev–Trinajstić information content (AvgIpc) is 2.98. The van der Waals surface area contributed by atoms with Crippen LogP contribution in [-0.2, 0) is 9.59 Å². The number of carbonyl (C=O) groups is 2. The summed E-state index contributed by atoms with van der Waals surface area (Å²) in [5.41, 5.74) is 4.89. The van der Waals surface area contributed by atoms with E-state index >= 15 is 0 Å². The predicted molar refractivity (Wildman–Crippen MR) is 82.5 cm³/mol. The van der Waals surface area contributed by atoms with E-state index in [0.29, 0.717) is 5.75 Å². The molecule has 5 nitrogen and oxygen atoms in total. The van der Waals surface area contributed by atoms with E-state index in [1.54, 1.807) is 19.1 Å². The maximum atomic E-state index is 11.9. The maximum Gasteiger partial charge on any atom is 0.279 e. The van der Waals surface area contributed by atoms with Crippen LogP contribution in [0.2, 0.25) is 0 Å². The molecule has 0 heterocycles. The highest BCUT2D eigenvalue weighted by atomic mass is 79.9. The Morgan fingerprint density at radius 2 is 2.00 bits per heavy atom. The topological polar surface area (TPSA) is 67.4 Å². The highest BCUT2D eigenvalue weighted by Crippen LogP contribution is 2.24. The van der Waals surface area contributed by atoms with Crippen LogP contribution in [-0.4, -0.2) is 17.9 Å². The van der Waals surface area contributed by atoms with E-state index in [2.05, 4.69) is 26.8 Å². The third-order valence-corrected chi connectivity index (χ3v) is 4.01. The smallest absolute Gasteiger partial charge is 0.279 e. The van der Waals surface area contributed by atoms with Gasteiger partial charge in [0.05, 0.1) is 0 Å². The second-order valence-corrected chi connectivity index (χ2v) is 6.09. The zero-order valence-electron chi connectivity index (χ0n) is 11.9. The molecule has 1 aromatic rings. The molecule has 1 atom stereocenters. The Balaban J connectivity index is 1.78. The molecule has 2 rings (SSSR count). The molecule has 1 saturated carbocycles. The fourth-order valence-electron chi connectivity index (χ4n) is 2.31. The molecule has 0 saturated heterocycles. The molecule has 2 N–H and O–H groups in total. The van der Waals surface area contributed by atoms with Crippen molar-refractivity contribution in [1.29, 1.82) is 0 Å². The van der Waals surface area contributed by atoms with Crippen molar-refractivity contribution in [3.05, 3.63) is 28.7 Å². The summed E-state index contributed by atoms with van der Waals surface area (Å²) in [5, 5.41) is 0. The summed E-state index contributed by atoms with van der Waals surface area (Å²) < 4.78 is 6.40. The molecule has 2 amide bonds. The summed E-state index contributed by atoms with van der Waals surface area (Å²) in [5.74, 6) is 0.123. The molecule has 1 aromatic carbocycles. The summed E-state index contributed by atoms with van der Waals surface area (Å²) in [6.45, 7) is 1.64. The molecule has 1 aliphatic rings. The molecule has 0 radical (unpaired) electrons. The van der Waals surface area contributed by atoms with Crippen molar-refractivity contribution in [3.63, 3.8) is 0 Å². The summed E-state index contributed by atoms with van der Waals surface area (Å²) in [7, 11) is 0. The minimum absolute atomic E-state index is 0.0200. The van der Waals surface area contributed by atoms with Gasteiger partial charge in [-0.05, 0) is 38.0 Å². The minimum Gasteiger partial charge on any atom is -0.481 e. The SMILES string of the molecule is CC(Oc1cccc(Br)c1)C(=O)NNC(=O)C1CCCC1. The van der Waals surface area contributed by atoms with Crippen LogP contribution >= 0.6 is 15.9 Å². The minimum atomic E-state index is -0.692. The monoisotopic (exact) mass is 354 g/mol. The quantitative estimate of drug-likeness (QED) is 0.816. The van der Waals surface area contributed by atoms with Gasteiger partial charge in [0.1, 0.15) is 5.75 Å². The van der Waals surface area contributed by atoms with E-state index < -0.39 is 6.10 Å². The number of amides is 2. The lowest BCUT2D eigenvalue weighted by molar-refractivity contribution is -0.134. The Labute approximate surface area is 132 Å². The van der Waals surface area contributed by atoms with Crippen LogP contribution in [0.4, 0.5) is 0 Å². The highest BCUT2D eigenvalue weighted by molar-refractivity contribution is 9.10.